The van der Waals surface area contributed by atoms with Crippen molar-refractivity contribution in [1.29, 1.82) is 0 Å². The van der Waals surface area contributed by atoms with Gasteiger partial charge in [-0.15, -0.1) is 0 Å². The van der Waals surface area contributed by atoms with Crippen LogP contribution in [-0.4, -0.2) is 33.0 Å². The lowest BCUT2D eigenvalue weighted by atomic mass is 10.3. The quantitative estimate of drug-likeness (QED) is 0.316. The van der Waals surface area contributed by atoms with Crippen molar-refractivity contribution in [3.8, 4) is 0 Å². The van der Waals surface area contributed by atoms with Crippen LogP contribution in [0.3, 0.4) is 0 Å². The van der Waals surface area contributed by atoms with Gasteiger partial charge in [0.25, 0.3) is 5.91 Å². The van der Waals surface area contributed by atoms with E-state index in [-0.39, 0.29) is 11.7 Å². The van der Waals surface area contributed by atoms with Gasteiger partial charge < -0.3 is 21.4 Å². The molecule has 0 atom stereocenters. The minimum absolute atomic E-state index is 0.122. The first kappa shape index (κ1) is 21.2. The van der Waals surface area contributed by atoms with E-state index in [1.807, 2.05) is 22.8 Å². The zero-order valence-electron chi connectivity index (χ0n) is 17.4. The number of benzene rings is 1. The van der Waals surface area contributed by atoms with Gasteiger partial charge in [0.2, 0.25) is 0 Å². The summed E-state index contributed by atoms with van der Waals surface area (Å²) in [4.78, 5) is 19.7. The summed E-state index contributed by atoms with van der Waals surface area (Å²) < 4.78 is 4.10. The minimum Gasteiger partial charge on any atom is -0.383 e. The van der Waals surface area contributed by atoms with Crippen molar-refractivity contribution >= 4 is 34.5 Å². The summed E-state index contributed by atoms with van der Waals surface area (Å²) in [6, 6.07) is 8.83. The number of hydrogen-bond acceptors (Lipinski definition) is 5. The molecule has 1 amide bonds. The molecule has 9 heteroatoms. The second-order valence-corrected chi connectivity index (χ2v) is 8.58. The Morgan fingerprint density at radius 2 is 2.03 bits per heavy atom. The first-order chi connectivity index (χ1) is 13.8. The number of nitrogens with one attached hydrogen (secondary N) is 2. The number of para-hydroxylation sites is 2. The van der Waals surface area contributed by atoms with Gasteiger partial charge in [-0.25, -0.2) is 14.5 Å². The number of carbonyl (C=O) groups is 1. The molecular weight excluding hydrogens is 386 g/mol. The van der Waals surface area contributed by atoms with Gasteiger partial charge in [-0.2, -0.15) is 0 Å². The van der Waals surface area contributed by atoms with Crippen LogP contribution < -0.4 is 21.4 Å². The zero-order chi connectivity index (χ0) is 21.1. The molecule has 0 fully saturated rings. The number of fused-ring (bicyclic) bond motifs is 1. The average Bonchev–Trinajstić information content (AvgIpc) is 3.16. The van der Waals surface area contributed by atoms with Gasteiger partial charge >= 0.3 is 5.16 Å². The summed E-state index contributed by atoms with van der Waals surface area (Å²) in [7, 11) is 0. The molecular formula is C20H30N7OS+. The Bertz CT molecular complexity index is 1010. The molecule has 8 nitrogen and oxygen atoms in total. The van der Waals surface area contributed by atoms with E-state index in [1.54, 1.807) is 0 Å². The third-order valence-electron chi connectivity index (χ3n) is 4.64. The molecule has 3 aromatic rings. The van der Waals surface area contributed by atoms with E-state index in [0.29, 0.717) is 23.6 Å². The number of aromatic amines is 1. The van der Waals surface area contributed by atoms with Crippen LogP contribution in [0.5, 0.6) is 0 Å². The molecule has 0 radical (unpaired) electrons. The number of carbonyl (C=O) groups excluding carboxylic acids is 1. The number of nitrogens with two attached hydrogens (primary N) is 2. The monoisotopic (exact) mass is 416 g/mol. The number of imidazole rings is 2. The van der Waals surface area contributed by atoms with Crippen LogP contribution in [0.25, 0.3) is 11.0 Å². The number of H-pyrrole nitrogens is 1. The van der Waals surface area contributed by atoms with Gasteiger partial charge in [-0.1, -0.05) is 26.0 Å². The Balaban J connectivity index is 1.96. The third-order valence-corrected chi connectivity index (χ3v) is 5.63. The van der Waals surface area contributed by atoms with Gasteiger partial charge in [-0.05, 0) is 38.9 Å². The Morgan fingerprint density at radius 3 is 2.69 bits per heavy atom. The summed E-state index contributed by atoms with van der Waals surface area (Å²) in [5.74, 6) is -0.298. The van der Waals surface area contributed by atoms with Crippen molar-refractivity contribution in [2.24, 2.45) is 5.73 Å². The van der Waals surface area contributed by atoms with Crippen LogP contribution >= 0.6 is 11.8 Å². The summed E-state index contributed by atoms with van der Waals surface area (Å²) in [5.41, 5.74) is 14.0. The van der Waals surface area contributed by atoms with Crippen LogP contribution in [0.1, 0.15) is 50.6 Å². The van der Waals surface area contributed by atoms with E-state index in [1.165, 1.54) is 11.8 Å². The van der Waals surface area contributed by atoms with E-state index in [4.69, 9.17) is 11.5 Å². The minimum atomic E-state index is -0.614. The molecule has 0 bridgehead atoms. The van der Waals surface area contributed by atoms with Crippen LogP contribution in [0, 0.1) is 0 Å². The molecule has 0 spiro atoms. The molecule has 0 aliphatic carbocycles. The smallest absolute Gasteiger partial charge is 0.324 e. The van der Waals surface area contributed by atoms with E-state index < -0.39 is 5.91 Å². The Hall–Kier alpha value is -2.52. The number of anilines is 1. The Kier molecular flexibility index (Phi) is 6.49. The standard InChI is InChI=1S/C20H29N7OS/c1-12(2)23-10-7-11-26-17(21)16(18(22)28)25-19(26)29-20-24-14-8-5-6-9-15(14)27(20)13(3)4/h5-6,8-9,12-13,23H,7,10-11H2,1-4H3,(H4,21,22,28)/p+1. The summed E-state index contributed by atoms with van der Waals surface area (Å²) in [6.07, 6.45) is 0.862. The highest BCUT2D eigenvalue weighted by atomic mass is 32.2. The van der Waals surface area contributed by atoms with Gasteiger partial charge in [0.1, 0.15) is 5.82 Å². The average molecular weight is 417 g/mol. The van der Waals surface area contributed by atoms with Crippen molar-refractivity contribution < 1.29 is 9.36 Å². The first-order valence-electron chi connectivity index (χ1n) is 9.88. The number of primary amides is 1. The van der Waals surface area contributed by atoms with Gasteiger partial charge in [-0.3, -0.25) is 4.79 Å². The Morgan fingerprint density at radius 1 is 1.31 bits per heavy atom. The normalized spacial score (nSPS) is 11.8. The molecule has 0 saturated heterocycles. The fourth-order valence-corrected chi connectivity index (χ4v) is 4.47. The van der Waals surface area contributed by atoms with Crippen LogP contribution in [0.15, 0.2) is 34.6 Å². The fraction of sp³-hybridized carbons (Fsp3) is 0.450. The highest BCUT2D eigenvalue weighted by Gasteiger charge is 2.26. The van der Waals surface area contributed by atoms with Crippen molar-refractivity contribution in [3.05, 3.63) is 30.0 Å². The summed E-state index contributed by atoms with van der Waals surface area (Å²) in [6.45, 7) is 9.99. The second kappa shape index (κ2) is 8.87. The van der Waals surface area contributed by atoms with Crippen molar-refractivity contribution in [2.45, 2.75) is 63.1 Å². The van der Waals surface area contributed by atoms with Crippen LogP contribution in [0.4, 0.5) is 5.82 Å². The lowest BCUT2D eigenvalue weighted by Gasteiger charge is -2.11. The van der Waals surface area contributed by atoms with Crippen molar-refractivity contribution in [1.82, 2.24) is 19.9 Å². The number of aromatic nitrogens is 4. The Labute approximate surface area is 175 Å². The van der Waals surface area contributed by atoms with Crippen LogP contribution in [0.2, 0.25) is 0 Å². The van der Waals surface area contributed by atoms with Crippen molar-refractivity contribution in [2.75, 3.05) is 12.3 Å². The maximum absolute atomic E-state index is 11.8. The molecule has 0 saturated carbocycles. The van der Waals surface area contributed by atoms with Crippen molar-refractivity contribution in [3.63, 3.8) is 0 Å². The molecule has 6 N–H and O–H groups in total. The third kappa shape index (κ3) is 4.56. The number of nitrogens with zero attached hydrogens (tertiary/aromatic N) is 3. The predicted molar refractivity (Wildman–Crippen MR) is 116 cm³/mol. The molecule has 29 heavy (non-hydrogen) atoms. The summed E-state index contributed by atoms with van der Waals surface area (Å²) >= 11 is 1.46. The van der Waals surface area contributed by atoms with E-state index >= 15 is 0 Å². The SMILES string of the molecule is CC(C)NCCCn1c(Sc2[nH]c3ccccc3[n+]2C(C)C)nc(C(N)=O)c1N. The maximum Gasteiger partial charge on any atom is 0.324 e. The van der Waals surface area contributed by atoms with Gasteiger partial charge in [0.05, 0.1) is 6.04 Å². The molecule has 3 rings (SSSR count). The summed E-state index contributed by atoms with van der Waals surface area (Å²) in [5, 5.41) is 4.98. The molecule has 156 valence electrons. The highest BCUT2D eigenvalue weighted by molar-refractivity contribution is 7.98. The lowest BCUT2D eigenvalue weighted by molar-refractivity contribution is -0.727. The van der Waals surface area contributed by atoms with E-state index in [9.17, 15) is 4.79 Å². The molecule has 1 aromatic carbocycles. The maximum atomic E-state index is 11.8. The molecule has 0 aliphatic rings. The van der Waals surface area contributed by atoms with E-state index in [2.05, 4.69) is 53.6 Å². The van der Waals surface area contributed by atoms with E-state index in [0.717, 1.165) is 29.2 Å². The lowest BCUT2D eigenvalue weighted by Crippen LogP contribution is -2.37. The molecule has 2 heterocycles. The molecule has 2 aromatic heterocycles. The van der Waals surface area contributed by atoms with Gasteiger partial charge in [0.15, 0.2) is 21.9 Å². The molecule has 0 unspecified atom stereocenters. The first-order valence-corrected chi connectivity index (χ1v) is 10.7. The zero-order valence-corrected chi connectivity index (χ0v) is 18.2. The number of rotatable bonds is 9. The topological polar surface area (TPSA) is 119 Å². The largest absolute Gasteiger partial charge is 0.383 e. The number of nitrogen functional groups attached to an aromatic ring is 1. The van der Waals surface area contributed by atoms with Crippen LogP contribution in [-0.2, 0) is 6.54 Å². The number of amides is 1. The van der Waals surface area contributed by atoms with Gasteiger partial charge in [0, 0.05) is 24.3 Å². The molecule has 0 aliphatic heterocycles. The predicted octanol–water partition coefficient (Wildman–Crippen LogP) is 2.45. The fourth-order valence-electron chi connectivity index (χ4n) is 3.30. The second-order valence-electron chi connectivity index (χ2n) is 7.62. The number of hydrogen-bond donors (Lipinski definition) is 4. The highest BCUT2D eigenvalue weighted by Crippen LogP contribution is 2.30.